The molecule has 1 N–H and O–H groups in total. The van der Waals surface area contributed by atoms with Crippen LogP contribution in [-0.4, -0.2) is 26.3 Å². The smallest absolute Gasteiger partial charge is 0.0584 e. The molecule has 2 nitrogen and oxygen atoms in total. The van der Waals surface area contributed by atoms with Crippen LogP contribution in [0.4, 0.5) is 0 Å². The fourth-order valence-electron chi connectivity index (χ4n) is 1.96. The molecule has 0 aliphatic carbocycles. The van der Waals surface area contributed by atoms with Crippen LogP contribution in [-0.2, 0) is 4.74 Å². The molecule has 0 amide bonds. The predicted molar refractivity (Wildman–Crippen MR) is 55.8 cm³/mol. The van der Waals surface area contributed by atoms with Gasteiger partial charge in [0.1, 0.15) is 0 Å². The number of rotatable bonds is 5. The zero-order valence-electron chi connectivity index (χ0n) is 8.81. The second-order valence-electron chi connectivity index (χ2n) is 4.23. The largest absolute Gasteiger partial charge is 0.378 e. The molecule has 0 bridgehead atoms. The molecule has 0 saturated carbocycles. The zero-order valence-corrected chi connectivity index (χ0v) is 8.81. The van der Waals surface area contributed by atoms with Crippen LogP contribution in [0.25, 0.3) is 0 Å². The molecule has 76 valence electrons. The summed E-state index contributed by atoms with van der Waals surface area (Å²) in [5, 5.41) is 3.21. The van der Waals surface area contributed by atoms with Gasteiger partial charge in [-0.2, -0.15) is 0 Å². The molecule has 1 saturated heterocycles. The van der Waals surface area contributed by atoms with Crippen LogP contribution in [0, 0.1) is 5.41 Å². The molecule has 2 unspecified atom stereocenters. The van der Waals surface area contributed by atoms with Gasteiger partial charge in [0.2, 0.25) is 0 Å². The van der Waals surface area contributed by atoms with Crippen LogP contribution in [0.15, 0.2) is 12.7 Å². The fourth-order valence-corrected chi connectivity index (χ4v) is 1.96. The molecule has 0 aromatic rings. The summed E-state index contributed by atoms with van der Waals surface area (Å²) in [5.74, 6) is 0. The molecule has 2 atom stereocenters. The van der Waals surface area contributed by atoms with Crippen LogP contribution in [0.3, 0.4) is 0 Å². The van der Waals surface area contributed by atoms with Crippen molar-refractivity contribution in [1.82, 2.24) is 5.32 Å². The van der Waals surface area contributed by atoms with Gasteiger partial charge < -0.3 is 10.1 Å². The Balaban J connectivity index is 2.41. The topological polar surface area (TPSA) is 21.3 Å². The summed E-state index contributed by atoms with van der Waals surface area (Å²) in [6.07, 6.45) is 6.03. The van der Waals surface area contributed by atoms with E-state index in [0.29, 0.717) is 6.10 Å². The van der Waals surface area contributed by atoms with Crippen LogP contribution in [0.1, 0.15) is 26.2 Å². The Morgan fingerprint density at radius 3 is 2.92 bits per heavy atom. The van der Waals surface area contributed by atoms with E-state index in [0.717, 1.165) is 19.6 Å². The number of hydrogen-bond donors (Lipinski definition) is 1. The molecule has 13 heavy (non-hydrogen) atoms. The van der Waals surface area contributed by atoms with Gasteiger partial charge in [0.15, 0.2) is 0 Å². The highest BCUT2D eigenvalue weighted by Crippen LogP contribution is 2.29. The first kappa shape index (κ1) is 10.7. The van der Waals surface area contributed by atoms with E-state index in [1.54, 1.807) is 0 Å². The predicted octanol–water partition coefficient (Wildman–Crippen LogP) is 1.97. The summed E-state index contributed by atoms with van der Waals surface area (Å²) in [4.78, 5) is 0. The van der Waals surface area contributed by atoms with Gasteiger partial charge >= 0.3 is 0 Å². The lowest BCUT2D eigenvalue weighted by Crippen LogP contribution is -2.31. The van der Waals surface area contributed by atoms with Crippen molar-refractivity contribution in [2.45, 2.75) is 32.3 Å². The minimum absolute atomic E-state index is 0.184. The Kier molecular flexibility index (Phi) is 3.94. The second-order valence-corrected chi connectivity index (χ2v) is 4.23. The molecular formula is C11H21NO. The summed E-state index contributed by atoms with van der Waals surface area (Å²) in [5.41, 5.74) is 0.184. The molecule has 1 rings (SSSR count). The van der Waals surface area contributed by atoms with Gasteiger partial charge in [0.25, 0.3) is 0 Å². The first-order valence-corrected chi connectivity index (χ1v) is 5.10. The highest BCUT2D eigenvalue weighted by molar-refractivity contribution is 4.95. The first-order chi connectivity index (χ1) is 6.20. The normalized spacial score (nSPS) is 27.1. The maximum atomic E-state index is 5.62. The van der Waals surface area contributed by atoms with E-state index in [1.807, 2.05) is 13.1 Å². The maximum Gasteiger partial charge on any atom is 0.0584 e. The first-order valence-electron chi connectivity index (χ1n) is 5.10. The molecule has 1 aliphatic heterocycles. The highest BCUT2D eigenvalue weighted by atomic mass is 16.5. The minimum Gasteiger partial charge on any atom is -0.378 e. The third kappa shape index (κ3) is 3.12. The average Bonchev–Trinajstić information content (AvgIpc) is 2.57. The van der Waals surface area contributed by atoms with Crippen molar-refractivity contribution in [2.75, 3.05) is 20.2 Å². The van der Waals surface area contributed by atoms with Crippen LogP contribution in [0.2, 0.25) is 0 Å². The van der Waals surface area contributed by atoms with Gasteiger partial charge in [-0.1, -0.05) is 13.0 Å². The molecule has 0 aromatic heterocycles. The van der Waals surface area contributed by atoms with Gasteiger partial charge in [0, 0.05) is 18.6 Å². The van der Waals surface area contributed by atoms with Crippen molar-refractivity contribution >= 4 is 0 Å². The number of ether oxygens (including phenoxy) is 1. The number of hydrogen-bond acceptors (Lipinski definition) is 2. The van der Waals surface area contributed by atoms with Crippen molar-refractivity contribution < 1.29 is 4.74 Å². The SMILES string of the molecule is C=CC(C)(CNC)CC1CCCO1. The van der Waals surface area contributed by atoms with Crippen molar-refractivity contribution in [3.63, 3.8) is 0 Å². The maximum absolute atomic E-state index is 5.62. The van der Waals surface area contributed by atoms with E-state index in [9.17, 15) is 0 Å². The van der Waals surface area contributed by atoms with Gasteiger partial charge in [-0.25, -0.2) is 0 Å². The Morgan fingerprint density at radius 1 is 1.69 bits per heavy atom. The van der Waals surface area contributed by atoms with E-state index in [1.165, 1.54) is 12.8 Å². The highest BCUT2D eigenvalue weighted by Gasteiger charge is 2.26. The number of nitrogens with one attached hydrogen (secondary N) is 1. The van der Waals surface area contributed by atoms with E-state index in [2.05, 4.69) is 18.8 Å². The summed E-state index contributed by atoms with van der Waals surface area (Å²) in [7, 11) is 1.98. The lowest BCUT2D eigenvalue weighted by molar-refractivity contribution is 0.0789. The lowest BCUT2D eigenvalue weighted by Gasteiger charge is -2.28. The molecule has 0 spiro atoms. The minimum atomic E-state index is 0.184. The molecule has 1 aliphatic rings. The van der Waals surface area contributed by atoms with Crippen molar-refractivity contribution in [3.05, 3.63) is 12.7 Å². The van der Waals surface area contributed by atoms with Gasteiger partial charge in [-0.3, -0.25) is 0 Å². The van der Waals surface area contributed by atoms with Crippen LogP contribution < -0.4 is 5.32 Å². The Labute approximate surface area is 81.4 Å². The third-order valence-corrected chi connectivity index (χ3v) is 2.79. The zero-order chi connectivity index (χ0) is 9.73. The second kappa shape index (κ2) is 4.77. The van der Waals surface area contributed by atoms with Crippen molar-refractivity contribution in [3.8, 4) is 0 Å². The molecule has 1 heterocycles. The lowest BCUT2D eigenvalue weighted by atomic mass is 9.84. The van der Waals surface area contributed by atoms with E-state index >= 15 is 0 Å². The molecule has 1 fully saturated rings. The quantitative estimate of drug-likeness (QED) is 0.658. The van der Waals surface area contributed by atoms with E-state index in [-0.39, 0.29) is 5.41 Å². The van der Waals surface area contributed by atoms with Crippen LogP contribution in [0.5, 0.6) is 0 Å². The van der Waals surface area contributed by atoms with Gasteiger partial charge in [-0.05, 0) is 26.3 Å². The van der Waals surface area contributed by atoms with Crippen molar-refractivity contribution in [1.29, 1.82) is 0 Å². The monoisotopic (exact) mass is 183 g/mol. The Hall–Kier alpha value is -0.340. The summed E-state index contributed by atoms with van der Waals surface area (Å²) >= 11 is 0. The van der Waals surface area contributed by atoms with E-state index < -0.39 is 0 Å². The average molecular weight is 183 g/mol. The summed E-state index contributed by atoms with van der Waals surface area (Å²) in [6.45, 7) is 8.06. The Morgan fingerprint density at radius 2 is 2.46 bits per heavy atom. The van der Waals surface area contributed by atoms with E-state index in [4.69, 9.17) is 4.74 Å². The summed E-state index contributed by atoms with van der Waals surface area (Å²) < 4.78 is 5.62. The fraction of sp³-hybridized carbons (Fsp3) is 0.818. The summed E-state index contributed by atoms with van der Waals surface area (Å²) in [6, 6.07) is 0. The van der Waals surface area contributed by atoms with Crippen LogP contribution >= 0.6 is 0 Å². The molecule has 0 aromatic carbocycles. The Bertz CT molecular complexity index is 163. The molecule has 2 heteroatoms. The third-order valence-electron chi connectivity index (χ3n) is 2.79. The van der Waals surface area contributed by atoms with Gasteiger partial charge in [-0.15, -0.1) is 6.58 Å². The van der Waals surface area contributed by atoms with Crippen molar-refractivity contribution in [2.24, 2.45) is 5.41 Å². The molecular weight excluding hydrogens is 162 g/mol. The van der Waals surface area contributed by atoms with Gasteiger partial charge in [0.05, 0.1) is 6.10 Å². The standard InChI is InChI=1S/C11H21NO/c1-4-11(2,9-12-3)8-10-6-5-7-13-10/h4,10,12H,1,5-9H2,2-3H3. The molecule has 0 radical (unpaired) electrons.